The minimum Gasteiger partial charge on any atom is -0.368 e. The van der Waals surface area contributed by atoms with E-state index in [4.69, 9.17) is 4.74 Å². The maximum atomic E-state index is 5.95. The van der Waals surface area contributed by atoms with Crippen molar-refractivity contribution in [2.45, 2.75) is 20.0 Å². The van der Waals surface area contributed by atoms with Crippen molar-refractivity contribution >= 4 is 17.3 Å². The molecule has 1 N–H and O–H groups in total. The van der Waals surface area contributed by atoms with Crippen molar-refractivity contribution < 1.29 is 4.74 Å². The molecule has 0 bridgehead atoms. The second-order valence-corrected chi connectivity index (χ2v) is 6.53. The summed E-state index contributed by atoms with van der Waals surface area (Å²) in [6.45, 7) is 6.08. The lowest BCUT2D eigenvalue weighted by atomic mass is 10.1. The highest BCUT2D eigenvalue weighted by Crippen LogP contribution is 2.25. The van der Waals surface area contributed by atoms with Gasteiger partial charge in [0.25, 0.3) is 0 Å². The highest BCUT2D eigenvalue weighted by molar-refractivity contribution is 5.54. The summed E-state index contributed by atoms with van der Waals surface area (Å²) in [6, 6.07) is 11.8. The molecule has 1 fully saturated rings. The molecule has 3 aromatic heterocycles. The van der Waals surface area contributed by atoms with E-state index in [-0.39, 0.29) is 6.10 Å². The Morgan fingerprint density at radius 2 is 2.04 bits per heavy atom. The normalized spacial score (nSPS) is 17.0. The van der Waals surface area contributed by atoms with E-state index in [1.807, 2.05) is 56.4 Å². The average molecular weight is 362 g/mol. The quantitative estimate of drug-likeness (QED) is 0.764. The molecule has 4 heterocycles. The van der Waals surface area contributed by atoms with Crippen LogP contribution in [0.25, 0.3) is 0 Å². The predicted octanol–water partition coefficient (Wildman–Crippen LogP) is 3.20. The number of hydrogen-bond acceptors (Lipinski definition) is 7. The lowest BCUT2D eigenvalue weighted by Gasteiger charge is -2.33. The number of anilines is 3. The first kappa shape index (κ1) is 17.4. The largest absolute Gasteiger partial charge is 0.368 e. The molecule has 0 saturated carbocycles. The number of rotatable bonds is 4. The molecular weight excluding hydrogens is 340 g/mol. The van der Waals surface area contributed by atoms with Gasteiger partial charge in [0.2, 0.25) is 0 Å². The van der Waals surface area contributed by atoms with Crippen LogP contribution in [0, 0.1) is 13.8 Å². The van der Waals surface area contributed by atoms with Crippen LogP contribution in [0.2, 0.25) is 0 Å². The Hall–Kier alpha value is -3.06. The highest BCUT2D eigenvalue weighted by Gasteiger charge is 2.24. The third kappa shape index (κ3) is 4.20. The fourth-order valence-corrected chi connectivity index (χ4v) is 3.15. The standard InChI is InChI=1S/C20H22N6O/c1-14-11-20(24-15(2)23-14)26-9-10-27-18(13-26)17-7-6-16(12-22-17)25-19-5-3-4-8-21-19/h3-8,11-12,18H,9-10,13H2,1-2H3,(H,21,25)/t18-/m0/s1. The van der Waals surface area contributed by atoms with Crippen LogP contribution in [0.3, 0.4) is 0 Å². The molecule has 0 unspecified atom stereocenters. The van der Waals surface area contributed by atoms with Gasteiger partial charge in [0.05, 0.1) is 30.7 Å². The monoisotopic (exact) mass is 362 g/mol. The maximum Gasteiger partial charge on any atom is 0.132 e. The summed E-state index contributed by atoms with van der Waals surface area (Å²) in [7, 11) is 0. The van der Waals surface area contributed by atoms with Crippen LogP contribution >= 0.6 is 0 Å². The summed E-state index contributed by atoms with van der Waals surface area (Å²) in [5.74, 6) is 2.53. The zero-order valence-corrected chi connectivity index (χ0v) is 15.5. The van der Waals surface area contributed by atoms with Crippen molar-refractivity contribution in [3.63, 3.8) is 0 Å². The molecule has 1 aliphatic heterocycles. The van der Waals surface area contributed by atoms with Gasteiger partial charge in [0.1, 0.15) is 23.6 Å². The molecule has 27 heavy (non-hydrogen) atoms. The number of nitrogens with one attached hydrogen (secondary N) is 1. The Bertz CT molecular complexity index is 880. The van der Waals surface area contributed by atoms with Gasteiger partial charge in [-0.2, -0.15) is 0 Å². The fraction of sp³-hybridized carbons (Fsp3) is 0.300. The van der Waals surface area contributed by atoms with Crippen molar-refractivity contribution in [1.82, 2.24) is 19.9 Å². The molecule has 138 valence electrons. The van der Waals surface area contributed by atoms with Crippen molar-refractivity contribution in [3.05, 3.63) is 66.0 Å². The van der Waals surface area contributed by atoms with Gasteiger partial charge in [-0.15, -0.1) is 0 Å². The number of aryl methyl sites for hydroxylation is 2. The van der Waals surface area contributed by atoms with Crippen molar-refractivity contribution in [2.75, 3.05) is 29.9 Å². The number of ether oxygens (including phenoxy) is 1. The summed E-state index contributed by atoms with van der Waals surface area (Å²) in [5.41, 5.74) is 2.78. The topological polar surface area (TPSA) is 76.1 Å². The number of pyridine rings is 2. The minimum atomic E-state index is -0.0850. The molecule has 0 aromatic carbocycles. The summed E-state index contributed by atoms with van der Waals surface area (Å²) in [5, 5.41) is 3.24. The first-order valence-corrected chi connectivity index (χ1v) is 9.00. The Labute approximate surface area is 158 Å². The molecule has 1 saturated heterocycles. The maximum absolute atomic E-state index is 5.95. The third-order valence-electron chi connectivity index (χ3n) is 4.40. The zero-order chi connectivity index (χ0) is 18.6. The second-order valence-electron chi connectivity index (χ2n) is 6.53. The van der Waals surface area contributed by atoms with Gasteiger partial charge in [-0.1, -0.05) is 6.07 Å². The fourth-order valence-electron chi connectivity index (χ4n) is 3.15. The summed E-state index contributed by atoms with van der Waals surface area (Å²) < 4.78 is 5.95. The van der Waals surface area contributed by atoms with Crippen molar-refractivity contribution in [2.24, 2.45) is 0 Å². The number of morpholine rings is 1. The number of hydrogen-bond donors (Lipinski definition) is 1. The Morgan fingerprint density at radius 3 is 2.78 bits per heavy atom. The van der Waals surface area contributed by atoms with Crippen LogP contribution in [0.1, 0.15) is 23.3 Å². The molecule has 4 rings (SSSR count). The van der Waals surface area contributed by atoms with E-state index < -0.39 is 0 Å². The second kappa shape index (κ2) is 7.67. The SMILES string of the molecule is Cc1cc(N2CCO[C@H](c3ccc(Nc4ccccn4)cn3)C2)nc(C)n1. The predicted molar refractivity (Wildman–Crippen MR) is 104 cm³/mol. The van der Waals surface area contributed by atoms with Crippen LogP contribution in [0.4, 0.5) is 17.3 Å². The minimum absolute atomic E-state index is 0.0850. The number of nitrogens with zero attached hydrogens (tertiary/aromatic N) is 5. The summed E-state index contributed by atoms with van der Waals surface area (Å²) in [4.78, 5) is 20.0. The third-order valence-corrected chi connectivity index (χ3v) is 4.40. The van der Waals surface area contributed by atoms with Gasteiger partial charge in [0, 0.05) is 24.5 Å². The van der Waals surface area contributed by atoms with Crippen LogP contribution in [-0.4, -0.2) is 39.6 Å². The number of aromatic nitrogens is 4. The Balaban J connectivity index is 1.46. The molecule has 7 nitrogen and oxygen atoms in total. The average Bonchev–Trinajstić information content (AvgIpc) is 2.69. The molecule has 0 spiro atoms. The van der Waals surface area contributed by atoms with Crippen molar-refractivity contribution in [1.29, 1.82) is 0 Å². The van der Waals surface area contributed by atoms with E-state index in [1.54, 1.807) is 6.20 Å². The molecule has 0 radical (unpaired) electrons. The molecule has 3 aromatic rings. The molecule has 7 heteroatoms. The van der Waals surface area contributed by atoms with E-state index >= 15 is 0 Å². The Morgan fingerprint density at radius 1 is 1.11 bits per heavy atom. The molecule has 1 aliphatic rings. The summed E-state index contributed by atoms with van der Waals surface area (Å²) >= 11 is 0. The van der Waals surface area contributed by atoms with Crippen LogP contribution in [0.15, 0.2) is 48.8 Å². The van der Waals surface area contributed by atoms with Crippen LogP contribution < -0.4 is 10.2 Å². The molecule has 1 atom stereocenters. The lowest BCUT2D eigenvalue weighted by molar-refractivity contribution is 0.0367. The van der Waals surface area contributed by atoms with E-state index in [0.29, 0.717) is 6.61 Å². The first-order valence-electron chi connectivity index (χ1n) is 9.00. The van der Waals surface area contributed by atoms with E-state index in [9.17, 15) is 0 Å². The van der Waals surface area contributed by atoms with Gasteiger partial charge in [-0.05, 0) is 38.1 Å². The van der Waals surface area contributed by atoms with Gasteiger partial charge in [0.15, 0.2) is 0 Å². The van der Waals surface area contributed by atoms with E-state index in [2.05, 4.69) is 30.2 Å². The van der Waals surface area contributed by atoms with Gasteiger partial charge in [-0.25, -0.2) is 15.0 Å². The van der Waals surface area contributed by atoms with E-state index in [0.717, 1.165) is 47.6 Å². The summed E-state index contributed by atoms with van der Waals surface area (Å²) in [6.07, 6.45) is 3.48. The highest BCUT2D eigenvalue weighted by atomic mass is 16.5. The molecule has 0 aliphatic carbocycles. The van der Waals surface area contributed by atoms with Gasteiger partial charge in [-0.3, -0.25) is 4.98 Å². The zero-order valence-electron chi connectivity index (χ0n) is 15.5. The van der Waals surface area contributed by atoms with E-state index in [1.165, 1.54) is 0 Å². The first-order chi connectivity index (χ1) is 13.2. The molecule has 0 amide bonds. The smallest absolute Gasteiger partial charge is 0.132 e. The molecular formula is C20H22N6O. The van der Waals surface area contributed by atoms with Crippen LogP contribution in [0.5, 0.6) is 0 Å². The van der Waals surface area contributed by atoms with Crippen molar-refractivity contribution in [3.8, 4) is 0 Å². The van der Waals surface area contributed by atoms with Crippen LogP contribution in [-0.2, 0) is 4.74 Å². The Kier molecular flexibility index (Phi) is 4.93. The van der Waals surface area contributed by atoms with Gasteiger partial charge < -0.3 is 15.0 Å². The van der Waals surface area contributed by atoms with Gasteiger partial charge >= 0.3 is 0 Å². The lowest BCUT2D eigenvalue weighted by Crippen LogP contribution is -2.39.